The molecule has 0 aliphatic heterocycles. The fourth-order valence-electron chi connectivity index (χ4n) is 7.47. The molecule has 0 spiro atoms. The van der Waals surface area contributed by atoms with Gasteiger partial charge in [0.05, 0.1) is 5.69 Å². The van der Waals surface area contributed by atoms with Crippen molar-refractivity contribution in [2.75, 3.05) is 5.32 Å². The van der Waals surface area contributed by atoms with E-state index < -0.39 is 0 Å². The fraction of sp³-hybridized carbons (Fsp3) is 0.759. The minimum atomic E-state index is 0.0335. The number of carbonyl (C=O) groups excluding carboxylic acids is 1. The van der Waals surface area contributed by atoms with Gasteiger partial charge in [0.2, 0.25) is 11.9 Å². The number of amides is 1. The molecule has 2 aromatic heterocycles. The van der Waals surface area contributed by atoms with Crippen molar-refractivity contribution in [3.8, 4) is 0 Å². The first-order valence-corrected chi connectivity index (χ1v) is 13.8. The number of hydrogen-bond donors (Lipinski definition) is 1. The number of hydrogen-bond acceptors (Lipinski definition) is 3. The van der Waals surface area contributed by atoms with Crippen LogP contribution in [0.5, 0.6) is 0 Å². The maximum absolute atomic E-state index is 12.3. The van der Waals surface area contributed by atoms with Crippen molar-refractivity contribution >= 4 is 17.5 Å². The van der Waals surface area contributed by atoms with E-state index in [-0.39, 0.29) is 17.2 Å². The normalized spacial score (nSPS) is 34.8. The van der Waals surface area contributed by atoms with E-state index in [4.69, 9.17) is 5.10 Å². The summed E-state index contributed by atoms with van der Waals surface area (Å²) >= 11 is 0. The molecular formula is C29H44N4O. The number of rotatable bonds is 4. The van der Waals surface area contributed by atoms with Crippen molar-refractivity contribution in [3.63, 3.8) is 0 Å². The highest BCUT2D eigenvalue weighted by atomic mass is 16.2. The van der Waals surface area contributed by atoms with Gasteiger partial charge in [0.25, 0.3) is 0 Å². The highest BCUT2D eigenvalue weighted by Gasteiger charge is 2.51. The molecule has 186 valence electrons. The monoisotopic (exact) mass is 464 g/mol. The minimum absolute atomic E-state index is 0.0335. The number of aromatic nitrogens is 3. The molecule has 1 amide bonds. The summed E-state index contributed by atoms with van der Waals surface area (Å²) in [5.74, 6) is 2.10. The van der Waals surface area contributed by atoms with E-state index in [1.54, 1.807) is 0 Å². The molecule has 3 aliphatic carbocycles. The van der Waals surface area contributed by atoms with E-state index >= 15 is 0 Å². The molecule has 5 heteroatoms. The Morgan fingerprint density at radius 1 is 1.03 bits per heavy atom. The van der Waals surface area contributed by atoms with Crippen LogP contribution in [0.3, 0.4) is 0 Å². The van der Waals surface area contributed by atoms with Crippen molar-refractivity contribution in [2.45, 2.75) is 111 Å². The maximum atomic E-state index is 12.3. The first-order chi connectivity index (χ1) is 16.2. The number of nitrogens with zero attached hydrogens (tertiary/aromatic N) is 3. The summed E-state index contributed by atoms with van der Waals surface area (Å²) < 4.78 is 2.02. The van der Waals surface area contributed by atoms with Crippen molar-refractivity contribution in [1.82, 2.24) is 14.6 Å². The summed E-state index contributed by atoms with van der Waals surface area (Å²) in [5, 5.41) is 7.76. The molecule has 4 unspecified atom stereocenters. The Bertz CT molecular complexity index is 1060. The number of nitrogens with one attached hydrogen (secondary N) is 1. The Labute approximate surface area is 205 Å². The molecule has 0 radical (unpaired) electrons. The molecule has 3 fully saturated rings. The summed E-state index contributed by atoms with van der Waals surface area (Å²) in [6, 6.07) is 6.38. The van der Waals surface area contributed by atoms with Crippen LogP contribution in [0.1, 0.15) is 111 Å². The van der Waals surface area contributed by atoms with E-state index in [2.05, 4.69) is 57.1 Å². The molecule has 2 bridgehead atoms. The fourth-order valence-corrected chi connectivity index (χ4v) is 7.47. The van der Waals surface area contributed by atoms with Gasteiger partial charge in [-0.2, -0.15) is 4.98 Å². The smallest absolute Gasteiger partial charge is 0.249 e. The molecule has 0 saturated heterocycles. The Hall–Kier alpha value is -1.91. The quantitative estimate of drug-likeness (QED) is 0.522. The third-order valence-corrected chi connectivity index (χ3v) is 10.5. The Morgan fingerprint density at radius 2 is 1.76 bits per heavy atom. The van der Waals surface area contributed by atoms with Crippen molar-refractivity contribution < 1.29 is 4.79 Å². The van der Waals surface area contributed by atoms with Gasteiger partial charge < -0.3 is 0 Å². The topological polar surface area (TPSA) is 59.3 Å². The minimum Gasteiger partial charge on any atom is -0.293 e. The van der Waals surface area contributed by atoms with Crippen LogP contribution in [-0.2, 0) is 10.2 Å². The molecule has 3 saturated carbocycles. The van der Waals surface area contributed by atoms with Crippen LogP contribution in [0.15, 0.2) is 18.2 Å². The summed E-state index contributed by atoms with van der Waals surface area (Å²) in [6.07, 6.45) is 13.7. The lowest BCUT2D eigenvalue weighted by atomic mass is 9.49. The summed E-state index contributed by atoms with van der Waals surface area (Å²) in [6.45, 7) is 12.6. The van der Waals surface area contributed by atoms with Crippen molar-refractivity contribution in [2.24, 2.45) is 28.6 Å². The summed E-state index contributed by atoms with van der Waals surface area (Å²) in [4.78, 5) is 17.0. The van der Waals surface area contributed by atoms with Crippen molar-refractivity contribution in [3.05, 3.63) is 23.9 Å². The van der Waals surface area contributed by atoms with Crippen LogP contribution in [0.2, 0.25) is 0 Å². The standard InChI is InChI=1S/C29H44N4O/c1-20(2)29-15-8-6-7-14-27(4,21(29)3)16-17-28(5,18-19-29)23-10-9-11-24-30-26(32-33(23)24)31-25(34)22-12-13-22/h9-11,20-22H,6-8,12-19H2,1-5H3,(H,31,32,34). The van der Waals surface area contributed by atoms with E-state index in [0.717, 1.165) is 24.4 Å². The van der Waals surface area contributed by atoms with Crippen LogP contribution in [0.25, 0.3) is 5.65 Å². The van der Waals surface area contributed by atoms with Crippen LogP contribution in [-0.4, -0.2) is 20.5 Å². The zero-order chi connectivity index (χ0) is 24.1. The van der Waals surface area contributed by atoms with Gasteiger partial charge in [-0.3, -0.25) is 10.1 Å². The second-order valence-electron chi connectivity index (χ2n) is 12.8. The van der Waals surface area contributed by atoms with Gasteiger partial charge in [0.1, 0.15) is 0 Å². The lowest BCUT2D eigenvalue weighted by Gasteiger charge is -2.56. The third kappa shape index (κ3) is 4.07. The van der Waals surface area contributed by atoms with Gasteiger partial charge in [-0.1, -0.05) is 59.9 Å². The van der Waals surface area contributed by atoms with E-state index in [1.165, 1.54) is 63.5 Å². The number of pyridine rings is 1. The Morgan fingerprint density at radius 3 is 2.50 bits per heavy atom. The SMILES string of the molecule is CC(C)C12CCCCCC(C)(CCC(C)(c3cccc4nc(NC(=O)C5CC5)nn34)CC1)C2C. The largest absolute Gasteiger partial charge is 0.293 e. The molecule has 34 heavy (non-hydrogen) atoms. The van der Waals surface area contributed by atoms with Crippen molar-refractivity contribution in [1.29, 1.82) is 0 Å². The first-order valence-electron chi connectivity index (χ1n) is 13.8. The average molecular weight is 465 g/mol. The zero-order valence-corrected chi connectivity index (χ0v) is 22.0. The van der Waals surface area contributed by atoms with Gasteiger partial charge in [-0.05, 0) is 86.2 Å². The summed E-state index contributed by atoms with van der Waals surface area (Å²) in [5.41, 5.74) is 2.89. The van der Waals surface area contributed by atoms with Gasteiger partial charge in [-0.15, -0.1) is 5.10 Å². The van der Waals surface area contributed by atoms with Crippen LogP contribution in [0, 0.1) is 28.6 Å². The number of fused-ring (bicyclic) bond motifs is 3. The summed E-state index contributed by atoms with van der Waals surface area (Å²) in [7, 11) is 0. The van der Waals surface area contributed by atoms with Gasteiger partial charge in [0, 0.05) is 11.3 Å². The lowest BCUT2D eigenvalue weighted by Crippen LogP contribution is -2.47. The van der Waals surface area contributed by atoms with E-state index in [1.807, 2.05) is 10.6 Å². The zero-order valence-electron chi connectivity index (χ0n) is 22.0. The molecule has 2 aromatic rings. The van der Waals surface area contributed by atoms with E-state index in [9.17, 15) is 4.79 Å². The maximum Gasteiger partial charge on any atom is 0.249 e. The second kappa shape index (κ2) is 8.64. The van der Waals surface area contributed by atoms with Gasteiger partial charge in [0.15, 0.2) is 5.65 Å². The van der Waals surface area contributed by atoms with E-state index in [0.29, 0.717) is 22.7 Å². The Balaban J connectivity index is 1.52. The van der Waals surface area contributed by atoms with Crippen LogP contribution < -0.4 is 5.32 Å². The second-order valence-corrected chi connectivity index (χ2v) is 12.8. The molecule has 1 N–H and O–H groups in total. The average Bonchev–Trinajstić information content (AvgIpc) is 3.57. The first kappa shape index (κ1) is 23.8. The van der Waals surface area contributed by atoms with Gasteiger partial charge >= 0.3 is 0 Å². The number of carbonyl (C=O) groups is 1. The molecule has 4 atom stereocenters. The molecule has 3 aliphatic rings. The molecule has 2 heterocycles. The highest BCUT2D eigenvalue weighted by Crippen LogP contribution is 2.59. The number of anilines is 1. The molecule has 0 aromatic carbocycles. The molecule has 5 rings (SSSR count). The molecular weight excluding hydrogens is 420 g/mol. The van der Waals surface area contributed by atoms with Crippen LogP contribution >= 0.6 is 0 Å². The van der Waals surface area contributed by atoms with Crippen LogP contribution in [0.4, 0.5) is 5.95 Å². The Kier molecular flexibility index (Phi) is 6.05. The highest BCUT2D eigenvalue weighted by molar-refractivity contribution is 5.92. The molecule has 5 nitrogen and oxygen atoms in total. The predicted octanol–water partition coefficient (Wildman–Crippen LogP) is 7.16. The predicted molar refractivity (Wildman–Crippen MR) is 138 cm³/mol. The third-order valence-electron chi connectivity index (χ3n) is 10.5. The van der Waals surface area contributed by atoms with Gasteiger partial charge in [-0.25, -0.2) is 4.52 Å². The lowest BCUT2D eigenvalue weighted by molar-refractivity contribution is -0.117.